The predicted molar refractivity (Wildman–Crippen MR) is 149 cm³/mol. The Morgan fingerprint density at radius 2 is 1.42 bits per heavy atom. The molecular weight excluding hydrogens is 396 g/mol. The van der Waals surface area contributed by atoms with Crippen LogP contribution in [0.3, 0.4) is 0 Å². The fourth-order valence-electron chi connectivity index (χ4n) is 10.1. The van der Waals surface area contributed by atoms with Gasteiger partial charge in [0.1, 0.15) is 0 Å². The maximum atomic E-state index is 2.76. The lowest BCUT2D eigenvalue weighted by molar-refractivity contribution is -0.120. The molecule has 4 aliphatic rings. The number of hydrogen-bond acceptors (Lipinski definition) is 0. The predicted octanol–water partition coefficient (Wildman–Crippen LogP) is 11.0. The van der Waals surface area contributed by atoms with E-state index in [0.717, 1.165) is 53.3 Å². The monoisotopic (exact) mass is 461 g/mol. The van der Waals surface area contributed by atoms with Crippen LogP contribution in [0.1, 0.15) is 147 Å². The summed E-state index contributed by atoms with van der Waals surface area (Å²) in [5.74, 6) is 8.95. The zero-order valence-electron chi connectivity index (χ0n) is 23.7. The third kappa shape index (κ3) is 5.40. The van der Waals surface area contributed by atoms with Crippen molar-refractivity contribution < 1.29 is 0 Å². The van der Waals surface area contributed by atoms with Gasteiger partial charge in [0.2, 0.25) is 0 Å². The van der Waals surface area contributed by atoms with Gasteiger partial charge in [0.05, 0.1) is 0 Å². The van der Waals surface area contributed by atoms with Crippen LogP contribution in [0.15, 0.2) is 0 Å². The minimum absolute atomic E-state index is 0. The second kappa shape index (κ2) is 11.8. The second-order valence-corrected chi connectivity index (χ2v) is 13.7. The Morgan fingerprint density at radius 1 is 0.788 bits per heavy atom. The quantitative estimate of drug-likeness (QED) is 0.369. The van der Waals surface area contributed by atoms with Crippen molar-refractivity contribution in [3.8, 4) is 0 Å². The highest BCUT2D eigenvalue weighted by molar-refractivity contribution is 5.09. The molecule has 0 N–H and O–H groups in total. The zero-order valence-corrected chi connectivity index (χ0v) is 23.7. The van der Waals surface area contributed by atoms with Gasteiger partial charge in [-0.1, -0.05) is 89.0 Å². The zero-order chi connectivity index (χ0) is 23.7. The van der Waals surface area contributed by atoms with Crippen molar-refractivity contribution in [2.24, 2.45) is 64.1 Å². The lowest BCUT2D eigenvalue weighted by atomic mass is 9.44. The molecule has 10 unspecified atom stereocenters. The van der Waals surface area contributed by atoms with Crippen LogP contribution in [-0.2, 0) is 0 Å². The summed E-state index contributed by atoms with van der Waals surface area (Å²) in [5, 5.41) is 0. The summed E-state index contributed by atoms with van der Waals surface area (Å²) in [7, 11) is 0. The third-order valence-electron chi connectivity index (χ3n) is 12.1. The van der Waals surface area contributed by atoms with Crippen molar-refractivity contribution in [3.63, 3.8) is 0 Å². The van der Waals surface area contributed by atoms with Crippen LogP contribution in [-0.4, -0.2) is 0 Å². The van der Waals surface area contributed by atoms with Crippen LogP contribution >= 0.6 is 0 Å². The van der Waals surface area contributed by atoms with Gasteiger partial charge in [-0.2, -0.15) is 0 Å². The average Bonchev–Trinajstić information content (AvgIpc) is 3.13. The molecule has 10 atom stereocenters. The van der Waals surface area contributed by atoms with Crippen LogP contribution < -0.4 is 0 Å². The van der Waals surface area contributed by atoms with Gasteiger partial charge in [-0.05, 0) is 122 Å². The minimum atomic E-state index is 0. The molecule has 0 aliphatic heterocycles. The summed E-state index contributed by atoms with van der Waals surface area (Å²) in [6.45, 7) is 22.0. The van der Waals surface area contributed by atoms with Gasteiger partial charge in [0.25, 0.3) is 0 Å². The largest absolute Gasteiger partial charge is 0.0776 e. The van der Waals surface area contributed by atoms with Gasteiger partial charge in [-0.3, -0.25) is 0 Å². The molecule has 0 heteroatoms. The molecule has 4 saturated carbocycles. The highest BCUT2D eigenvalue weighted by Crippen LogP contribution is 2.68. The van der Waals surface area contributed by atoms with Crippen molar-refractivity contribution in [2.45, 2.75) is 147 Å². The van der Waals surface area contributed by atoms with E-state index in [1.165, 1.54) is 38.5 Å². The van der Waals surface area contributed by atoms with E-state index in [1.54, 1.807) is 38.5 Å². The van der Waals surface area contributed by atoms with Gasteiger partial charge < -0.3 is 0 Å². The maximum Gasteiger partial charge on any atom is -0.0264 e. The van der Waals surface area contributed by atoms with Crippen LogP contribution in [0.25, 0.3) is 0 Å². The standard InChI is InChI=1S/C30H54.C2H6.CH4/c1-8-23(20(2)3)10-9-22(5)26-13-14-27-25-12-11-24-19-21(4)15-17-29(24,6)28(25)16-18-30(26,27)7;1-2;/h20-28H,8-19H2,1-7H3;1-2H3;1H4. The Hall–Kier alpha value is 0. The molecule has 0 amide bonds. The highest BCUT2D eigenvalue weighted by atomic mass is 14.6. The van der Waals surface area contributed by atoms with Crippen molar-refractivity contribution in [2.75, 3.05) is 0 Å². The smallest absolute Gasteiger partial charge is 0.0264 e. The topological polar surface area (TPSA) is 0 Å². The van der Waals surface area contributed by atoms with Crippen LogP contribution in [0.5, 0.6) is 0 Å². The second-order valence-electron chi connectivity index (χ2n) is 13.7. The van der Waals surface area contributed by atoms with Crippen molar-refractivity contribution in [1.29, 1.82) is 0 Å². The Bertz CT molecular complexity index is 577. The Morgan fingerprint density at radius 3 is 2.06 bits per heavy atom. The maximum absolute atomic E-state index is 2.76. The molecule has 196 valence electrons. The summed E-state index contributed by atoms with van der Waals surface area (Å²) >= 11 is 0. The molecule has 0 heterocycles. The Labute approximate surface area is 210 Å². The van der Waals surface area contributed by atoms with Gasteiger partial charge >= 0.3 is 0 Å². The van der Waals surface area contributed by atoms with Crippen molar-refractivity contribution >= 4 is 0 Å². The first kappa shape index (κ1) is 29.2. The van der Waals surface area contributed by atoms with E-state index in [1.807, 2.05) is 13.8 Å². The van der Waals surface area contributed by atoms with Gasteiger partial charge in [-0.15, -0.1) is 0 Å². The summed E-state index contributed by atoms with van der Waals surface area (Å²) in [5.41, 5.74) is 1.34. The Balaban J connectivity index is 0.00000125. The molecule has 0 spiro atoms. The summed E-state index contributed by atoms with van der Waals surface area (Å²) in [6, 6.07) is 0. The molecule has 0 bridgehead atoms. The fourth-order valence-corrected chi connectivity index (χ4v) is 10.1. The molecule has 4 rings (SSSR count). The van der Waals surface area contributed by atoms with Crippen LogP contribution in [0.2, 0.25) is 0 Å². The Kier molecular flexibility index (Phi) is 10.5. The first-order chi connectivity index (χ1) is 15.2. The molecule has 0 aromatic carbocycles. The molecule has 33 heavy (non-hydrogen) atoms. The third-order valence-corrected chi connectivity index (χ3v) is 12.1. The molecule has 0 aromatic heterocycles. The number of hydrogen-bond donors (Lipinski definition) is 0. The summed E-state index contributed by atoms with van der Waals surface area (Å²) < 4.78 is 0. The van der Waals surface area contributed by atoms with Crippen molar-refractivity contribution in [1.82, 2.24) is 0 Å². The summed E-state index contributed by atoms with van der Waals surface area (Å²) in [6.07, 6.45) is 18.2. The molecule has 0 saturated heterocycles. The van der Waals surface area contributed by atoms with E-state index in [4.69, 9.17) is 0 Å². The van der Waals surface area contributed by atoms with E-state index in [2.05, 4.69) is 48.5 Å². The van der Waals surface area contributed by atoms with Crippen LogP contribution in [0.4, 0.5) is 0 Å². The normalized spacial score (nSPS) is 43.8. The summed E-state index contributed by atoms with van der Waals surface area (Å²) in [4.78, 5) is 0. The number of fused-ring (bicyclic) bond motifs is 5. The lowest BCUT2D eigenvalue weighted by Gasteiger charge is -2.61. The molecule has 0 nitrogen and oxygen atoms in total. The van der Waals surface area contributed by atoms with Crippen LogP contribution in [0, 0.1) is 64.1 Å². The fraction of sp³-hybridized carbons (Fsp3) is 1.00. The van der Waals surface area contributed by atoms with Crippen molar-refractivity contribution in [3.05, 3.63) is 0 Å². The molecule has 0 aromatic rings. The van der Waals surface area contributed by atoms with E-state index >= 15 is 0 Å². The van der Waals surface area contributed by atoms with E-state index in [0.29, 0.717) is 10.8 Å². The minimum Gasteiger partial charge on any atom is -0.0776 e. The van der Waals surface area contributed by atoms with Gasteiger partial charge in [-0.25, -0.2) is 0 Å². The van der Waals surface area contributed by atoms with E-state index in [-0.39, 0.29) is 7.43 Å². The average molecular weight is 461 g/mol. The molecule has 4 fully saturated rings. The van der Waals surface area contributed by atoms with Gasteiger partial charge in [0.15, 0.2) is 0 Å². The first-order valence-corrected chi connectivity index (χ1v) is 15.2. The highest BCUT2D eigenvalue weighted by Gasteiger charge is 2.60. The molecular formula is C33H64. The van der Waals surface area contributed by atoms with E-state index < -0.39 is 0 Å². The van der Waals surface area contributed by atoms with Gasteiger partial charge in [0, 0.05) is 0 Å². The first-order valence-electron chi connectivity index (χ1n) is 15.2. The lowest BCUT2D eigenvalue weighted by Crippen LogP contribution is -2.53. The SMILES string of the molecule is C.CC.CCC(CCC(C)C1CCC2C3CCC4CC(C)CCC4(C)C3CCC12C)C(C)C. The number of rotatable bonds is 6. The molecule has 4 aliphatic carbocycles. The molecule has 0 radical (unpaired) electrons. The van der Waals surface area contributed by atoms with E-state index in [9.17, 15) is 0 Å².